The summed E-state index contributed by atoms with van der Waals surface area (Å²) in [5.41, 5.74) is 1.64. The lowest BCUT2D eigenvalue weighted by atomic mass is 10.1. The number of rotatable bonds is 6. The highest BCUT2D eigenvalue weighted by atomic mass is 16.5. The Bertz CT molecular complexity index is 415. The minimum atomic E-state index is -0.276. The van der Waals surface area contributed by atoms with Gasteiger partial charge in [0, 0.05) is 12.1 Å². The summed E-state index contributed by atoms with van der Waals surface area (Å²) in [5.74, 6) is -0.441. The van der Waals surface area contributed by atoms with Crippen molar-refractivity contribution in [2.45, 2.75) is 26.7 Å². The summed E-state index contributed by atoms with van der Waals surface area (Å²) in [6.45, 7) is 4.60. The molecule has 0 bridgehead atoms. The maximum absolute atomic E-state index is 11.7. The smallest absolute Gasteiger partial charge is 0.307 e. The van der Waals surface area contributed by atoms with Crippen LogP contribution < -0.4 is 5.32 Å². The third-order valence-electron chi connectivity index (χ3n) is 2.36. The number of nitrogens with one attached hydrogen (secondary N) is 1. The third kappa shape index (κ3) is 4.99. The second-order valence-corrected chi connectivity index (χ2v) is 4.10. The molecule has 0 aromatic heterocycles. The molecular weight excluding hydrogens is 230 g/mol. The molecular formula is C14H19NO3. The number of amides is 1. The van der Waals surface area contributed by atoms with Crippen LogP contribution in [0, 0.1) is 6.92 Å². The standard InChI is InChI=1S/C14H19NO3/c1-3-9-18-13(16)7-8-15-14(17)12-6-4-5-11(2)10-12/h4-6,10H,3,7-9H2,1-2H3,(H,15,17). The predicted octanol–water partition coefficient (Wildman–Crippen LogP) is 2.07. The molecule has 1 amide bonds. The zero-order chi connectivity index (χ0) is 13.4. The Morgan fingerprint density at radius 2 is 2.11 bits per heavy atom. The van der Waals surface area contributed by atoms with Gasteiger partial charge in [0.2, 0.25) is 0 Å². The van der Waals surface area contributed by atoms with Crippen molar-refractivity contribution in [1.82, 2.24) is 5.32 Å². The molecule has 4 heteroatoms. The molecule has 0 radical (unpaired) electrons. The molecule has 0 fully saturated rings. The van der Waals surface area contributed by atoms with Gasteiger partial charge in [-0.1, -0.05) is 24.6 Å². The van der Waals surface area contributed by atoms with Crippen molar-refractivity contribution in [3.8, 4) is 0 Å². The first-order chi connectivity index (χ1) is 8.63. The maximum atomic E-state index is 11.7. The van der Waals surface area contributed by atoms with Gasteiger partial charge >= 0.3 is 5.97 Å². The largest absolute Gasteiger partial charge is 0.466 e. The summed E-state index contributed by atoms with van der Waals surface area (Å²) in [5, 5.41) is 2.69. The van der Waals surface area contributed by atoms with Gasteiger partial charge in [-0.15, -0.1) is 0 Å². The van der Waals surface area contributed by atoms with Gasteiger partial charge in [-0.2, -0.15) is 0 Å². The van der Waals surface area contributed by atoms with E-state index in [0.29, 0.717) is 18.7 Å². The molecule has 1 N–H and O–H groups in total. The van der Waals surface area contributed by atoms with Gasteiger partial charge in [-0.05, 0) is 25.5 Å². The number of hydrogen-bond acceptors (Lipinski definition) is 3. The molecule has 1 rings (SSSR count). The number of carbonyl (C=O) groups is 2. The SMILES string of the molecule is CCCOC(=O)CCNC(=O)c1cccc(C)c1. The first-order valence-corrected chi connectivity index (χ1v) is 6.14. The van der Waals surface area contributed by atoms with Gasteiger partial charge in [-0.3, -0.25) is 9.59 Å². The molecule has 0 aliphatic rings. The Morgan fingerprint density at radius 3 is 2.78 bits per heavy atom. The van der Waals surface area contributed by atoms with Crippen LogP contribution >= 0.6 is 0 Å². The average molecular weight is 249 g/mol. The van der Waals surface area contributed by atoms with Gasteiger partial charge in [-0.25, -0.2) is 0 Å². The van der Waals surface area contributed by atoms with Crippen molar-refractivity contribution in [2.24, 2.45) is 0 Å². The maximum Gasteiger partial charge on any atom is 0.307 e. The van der Waals surface area contributed by atoms with Crippen molar-refractivity contribution < 1.29 is 14.3 Å². The van der Waals surface area contributed by atoms with Crippen LogP contribution in [-0.2, 0) is 9.53 Å². The molecule has 0 spiro atoms. The van der Waals surface area contributed by atoms with E-state index in [0.717, 1.165) is 12.0 Å². The first kappa shape index (κ1) is 14.2. The summed E-state index contributed by atoms with van der Waals surface area (Å²) in [6, 6.07) is 7.32. The van der Waals surface area contributed by atoms with E-state index in [9.17, 15) is 9.59 Å². The molecule has 18 heavy (non-hydrogen) atoms. The minimum absolute atomic E-state index is 0.165. The number of ether oxygens (including phenoxy) is 1. The molecule has 0 unspecified atom stereocenters. The molecule has 0 aliphatic heterocycles. The van der Waals surface area contributed by atoms with Crippen molar-refractivity contribution in [1.29, 1.82) is 0 Å². The molecule has 98 valence electrons. The second kappa shape index (κ2) is 7.48. The van der Waals surface area contributed by atoms with Crippen LogP contribution in [0.2, 0.25) is 0 Å². The third-order valence-corrected chi connectivity index (χ3v) is 2.36. The van der Waals surface area contributed by atoms with Crippen LogP contribution in [0.25, 0.3) is 0 Å². The van der Waals surface area contributed by atoms with Crippen molar-refractivity contribution >= 4 is 11.9 Å². The van der Waals surface area contributed by atoms with Gasteiger partial charge in [0.15, 0.2) is 0 Å². The van der Waals surface area contributed by atoms with E-state index in [-0.39, 0.29) is 18.3 Å². The molecule has 0 aliphatic carbocycles. The van der Waals surface area contributed by atoms with Gasteiger partial charge in [0.25, 0.3) is 5.91 Å². The van der Waals surface area contributed by atoms with E-state index in [1.54, 1.807) is 6.07 Å². The monoisotopic (exact) mass is 249 g/mol. The van der Waals surface area contributed by atoms with Crippen molar-refractivity contribution in [3.05, 3.63) is 35.4 Å². The highest BCUT2D eigenvalue weighted by Gasteiger charge is 2.06. The first-order valence-electron chi connectivity index (χ1n) is 6.14. The Labute approximate surface area is 107 Å². The fraction of sp³-hybridized carbons (Fsp3) is 0.429. The second-order valence-electron chi connectivity index (χ2n) is 4.10. The summed E-state index contributed by atoms with van der Waals surface area (Å²) in [4.78, 5) is 22.9. The minimum Gasteiger partial charge on any atom is -0.466 e. The number of esters is 1. The van der Waals surface area contributed by atoms with Crippen LogP contribution in [0.5, 0.6) is 0 Å². The Morgan fingerprint density at radius 1 is 1.33 bits per heavy atom. The quantitative estimate of drug-likeness (QED) is 0.785. The zero-order valence-electron chi connectivity index (χ0n) is 10.9. The van der Waals surface area contributed by atoms with Gasteiger partial charge in [0.05, 0.1) is 13.0 Å². The number of hydrogen-bond donors (Lipinski definition) is 1. The molecule has 4 nitrogen and oxygen atoms in total. The normalized spacial score (nSPS) is 9.89. The van der Waals surface area contributed by atoms with E-state index in [2.05, 4.69) is 5.32 Å². The Kier molecular flexibility index (Phi) is 5.91. The number of carbonyl (C=O) groups excluding carboxylic acids is 2. The predicted molar refractivity (Wildman–Crippen MR) is 69.4 cm³/mol. The number of aryl methyl sites for hydroxylation is 1. The van der Waals surface area contributed by atoms with Crippen LogP contribution in [0.4, 0.5) is 0 Å². The van der Waals surface area contributed by atoms with Crippen LogP contribution in [0.15, 0.2) is 24.3 Å². The lowest BCUT2D eigenvalue weighted by Gasteiger charge is -2.06. The van der Waals surface area contributed by atoms with E-state index >= 15 is 0 Å². The molecule has 1 aromatic rings. The van der Waals surface area contributed by atoms with Crippen LogP contribution in [0.3, 0.4) is 0 Å². The summed E-state index contributed by atoms with van der Waals surface area (Å²) < 4.78 is 4.91. The van der Waals surface area contributed by atoms with Crippen LogP contribution in [0.1, 0.15) is 35.7 Å². The van der Waals surface area contributed by atoms with Crippen LogP contribution in [-0.4, -0.2) is 25.0 Å². The van der Waals surface area contributed by atoms with Crippen molar-refractivity contribution in [2.75, 3.05) is 13.2 Å². The summed E-state index contributed by atoms with van der Waals surface area (Å²) in [6.07, 6.45) is 1.01. The highest BCUT2D eigenvalue weighted by Crippen LogP contribution is 2.03. The summed E-state index contributed by atoms with van der Waals surface area (Å²) in [7, 11) is 0. The lowest BCUT2D eigenvalue weighted by molar-refractivity contribution is -0.143. The molecule has 0 heterocycles. The van der Waals surface area contributed by atoms with E-state index in [1.165, 1.54) is 0 Å². The van der Waals surface area contributed by atoms with E-state index in [4.69, 9.17) is 4.74 Å². The van der Waals surface area contributed by atoms with E-state index in [1.807, 2.05) is 32.0 Å². The average Bonchev–Trinajstić information content (AvgIpc) is 2.36. The topological polar surface area (TPSA) is 55.4 Å². The van der Waals surface area contributed by atoms with Gasteiger partial charge < -0.3 is 10.1 Å². The number of benzene rings is 1. The van der Waals surface area contributed by atoms with Crippen molar-refractivity contribution in [3.63, 3.8) is 0 Å². The fourth-order valence-electron chi connectivity index (χ4n) is 1.45. The fourth-order valence-corrected chi connectivity index (χ4v) is 1.45. The molecule has 0 saturated carbocycles. The molecule has 0 saturated heterocycles. The Hall–Kier alpha value is -1.84. The highest BCUT2D eigenvalue weighted by molar-refractivity contribution is 5.94. The molecule has 1 aromatic carbocycles. The molecule has 0 atom stereocenters. The van der Waals surface area contributed by atoms with E-state index < -0.39 is 0 Å². The Balaban J connectivity index is 2.31. The summed E-state index contributed by atoms with van der Waals surface area (Å²) >= 11 is 0. The van der Waals surface area contributed by atoms with Gasteiger partial charge in [0.1, 0.15) is 0 Å². The zero-order valence-corrected chi connectivity index (χ0v) is 10.9. The lowest BCUT2D eigenvalue weighted by Crippen LogP contribution is -2.26.